The minimum atomic E-state index is -3.41. The van der Waals surface area contributed by atoms with Gasteiger partial charge in [0.2, 0.25) is 10.0 Å². The van der Waals surface area contributed by atoms with Gasteiger partial charge in [-0.2, -0.15) is 16.1 Å². The van der Waals surface area contributed by atoms with E-state index in [-0.39, 0.29) is 10.9 Å². The van der Waals surface area contributed by atoms with Gasteiger partial charge in [0.05, 0.1) is 0 Å². The molecule has 96 valence electrons. The number of hydrogen-bond donors (Lipinski definition) is 0. The average Bonchev–Trinajstić information content (AvgIpc) is 2.36. The first-order chi connectivity index (χ1) is 8.00. The second-order valence-electron chi connectivity index (χ2n) is 3.84. The molecule has 1 aromatic rings. The average molecular weight is 274 g/mol. The Bertz CT molecular complexity index is 434. The maximum absolute atomic E-state index is 12.2. The molecule has 0 amide bonds. The Balaban J connectivity index is 2.84. The number of nitrogens with zero attached hydrogens (tertiary/aromatic N) is 2. The summed E-state index contributed by atoms with van der Waals surface area (Å²) in [5, 5.41) is 0. The molecule has 0 N–H and O–H groups in total. The Morgan fingerprint density at radius 2 is 2.24 bits per heavy atom. The second kappa shape index (κ2) is 6.37. The summed E-state index contributed by atoms with van der Waals surface area (Å²) in [5.41, 5.74) is 0. The molecule has 0 radical (unpaired) electrons. The zero-order valence-electron chi connectivity index (χ0n) is 10.3. The molecule has 0 unspecified atom stereocenters. The van der Waals surface area contributed by atoms with E-state index in [9.17, 15) is 8.42 Å². The zero-order valence-corrected chi connectivity index (χ0v) is 12.0. The molecule has 1 aromatic heterocycles. The standard InChI is InChI=1S/C11H18N2O2S2/c1-10(6-8-16-3)13(2)17(14,15)11-5-4-7-12-9-11/h4-5,7,9-10H,6,8H2,1-3H3/t10-/m1/s1. The van der Waals surface area contributed by atoms with Gasteiger partial charge in [0.25, 0.3) is 0 Å². The summed E-state index contributed by atoms with van der Waals surface area (Å²) in [6, 6.07) is 3.19. The first kappa shape index (κ1) is 14.5. The van der Waals surface area contributed by atoms with E-state index in [2.05, 4.69) is 4.98 Å². The minimum Gasteiger partial charge on any atom is -0.263 e. The van der Waals surface area contributed by atoms with Gasteiger partial charge in [-0.15, -0.1) is 0 Å². The van der Waals surface area contributed by atoms with Crippen LogP contribution in [-0.4, -0.2) is 42.8 Å². The predicted molar refractivity (Wildman–Crippen MR) is 71.6 cm³/mol. The number of hydrogen-bond acceptors (Lipinski definition) is 4. The highest BCUT2D eigenvalue weighted by molar-refractivity contribution is 7.98. The molecule has 4 nitrogen and oxygen atoms in total. The van der Waals surface area contributed by atoms with Gasteiger partial charge >= 0.3 is 0 Å². The van der Waals surface area contributed by atoms with Crippen LogP contribution < -0.4 is 0 Å². The smallest absolute Gasteiger partial charge is 0.244 e. The van der Waals surface area contributed by atoms with E-state index in [0.717, 1.165) is 12.2 Å². The van der Waals surface area contributed by atoms with E-state index in [1.54, 1.807) is 37.1 Å². The first-order valence-corrected chi connectivity index (χ1v) is 8.20. The molecule has 0 saturated heterocycles. The molecule has 0 fully saturated rings. The van der Waals surface area contributed by atoms with Crippen LogP contribution >= 0.6 is 11.8 Å². The van der Waals surface area contributed by atoms with Gasteiger partial charge < -0.3 is 0 Å². The first-order valence-electron chi connectivity index (χ1n) is 5.37. The molecule has 1 atom stereocenters. The number of aromatic nitrogens is 1. The number of rotatable bonds is 6. The molecule has 17 heavy (non-hydrogen) atoms. The van der Waals surface area contributed by atoms with E-state index < -0.39 is 10.0 Å². The molecule has 0 aliphatic carbocycles. The van der Waals surface area contributed by atoms with E-state index in [4.69, 9.17) is 0 Å². The largest absolute Gasteiger partial charge is 0.263 e. The molecule has 0 bridgehead atoms. The van der Waals surface area contributed by atoms with Crippen molar-refractivity contribution in [2.24, 2.45) is 0 Å². The van der Waals surface area contributed by atoms with Crippen molar-refractivity contribution in [2.75, 3.05) is 19.1 Å². The summed E-state index contributed by atoms with van der Waals surface area (Å²) < 4.78 is 25.8. The van der Waals surface area contributed by atoms with Crippen molar-refractivity contribution in [3.05, 3.63) is 24.5 Å². The van der Waals surface area contributed by atoms with E-state index in [0.29, 0.717) is 0 Å². The topological polar surface area (TPSA) is 50.3 Å². The van der Waals surface area contributed by atoms with Gasteiger partial charge in [0.1, 0.15) is 4.90 Å². The number of pyridine rings is 1. The van der Waals surface area contributed by atoms with Gasteiger partial charge in [-0.25, -0.2) is 8.42 Å². The second-order valence-corrected chi connectivity index (χ2v) is 6.82. The lowest BCUT2D eigenvalue weighted by Crippen LogP contribution is -2.35. The molecule has 1 rings (SSSR count). The summed E-state index contributed by atoms with van der Waals surface area (Å²) in [7, 11) is -1.79. The van der Waals surface area contributed by atoms with Crippen molar-refractivity contribution in [1.29, 1.82) is 0 Å². The molecule has 6 heteroatoms. The summed E-state index contributed by atoms with van der Waals surface area (Å²) in [6.07, 6.45) is 5.81. The maximum atomic E-state index is 12.2. The van der Waals surface area contributed by atoms with Crippen LogP contribution in [0.2, 0.25) is 0 Å². The van der Waals surface area contributed by atoms with Crippen molar-refractivity contribution in [1.82, 2.24) is 9.29 Å². The fourth-order valence-electron chi connectivity index (χ4n) is 1.37. The Hall–Kier alpha value is -0.590. The molecule has 0 aliphatic heterocycles. The van der Waals surface area contributed by atoms with Crippen LogP contribution in [0.1, 0.15) is 13.3 Å². The lowest BCUT2D eigenvalue weighted by molar-refractivity contribution is 0.382. The fraction of sp³-hybridized carbons (Fsp3) is 0.545. The molecule has 0 aromatic carbocycles. The summed E-state index contributed by atoms with van der Waals surface area (Å²) in [6.45, 7) is 1.92. The van der Waals surface area contributed by atoms with Gasteiger partial charge in [0, 0.05) is 25.5 Å². The SMILES string of the molecule is CSCC[C@@H](C)N(C)S(=O)(=O)c1cccnc1. The van der Waals surface area contributed by atoms with Crippen molar-refractivity contribution < 1.29 is 8.42 Å². The zero-order chi connectivity index (χ0) is 12.9. The molecule has 0 spiro atoms. The van der Waals surface area contributed by atoms with E-state index in [1.165, 1.54) is 10.5 Å². The monoisotopic (exact) mass is 274 g/mol. The summed E-state index contributed by atoms with van der Waals surface area (Å²) in [4.78, 5) is 4.09. The van der Waals surface area contributed by atoms with E-state index in [1.807, 2.05) is 13.2 Å². The van der Waals surface area contributed by atoms with Crippen LogP contribution in [-0.2, 0) is 10.0 Å². The predicted octanol–water partition coefficient (Wildman–Crippen LogP) is 1.84. The maximum Gasteiger partial charge on any atom is 0.244 e. The lowest BCUT2D eigenvalue weighted by atomic mass is 10.3. The molecule has 0 saturated carbocycles. The van der Waals surface area contributed by atoms with Crippen LogP contribution in [0.4, 0.5) is 0 Å². The van der Waals surface area contributed by atoms with Crippen molar-refractivity contribution in [2.45, 2.75) is 24.3 Å². The normalized spacial score (nSPS) is 13.9. The quantitative estimate of drug-likeness (QED) is 0.794. The van der Waals surface area contributed by atoms with Crippen LogP contribution in [0.5, 0.6) is 0 Å². The van der Waals surface area contributed by atoms with Gasteiger partial charge in [-0.3, -0.25) is 4.98 Å². The lowest BCUT2D eigenvalue weighted by Gasteiger charge is -2.23. The van der Waals surface area contributed by atoms with Gasteiger partial charge in [0.15, 0.2) is 0 Å². The third-order valence-corrected chi connectivity index (χ3v) is 5.27. The highest BCUT2D eigenvalue weighted by Crippen LogP contribution is 2.17. The van der Waals surface area contributed by atoms with Crippen molar-refractivity contribution in [3.8, 4) is 0 Å². The molecule has 0 aliphatic rings. The molecular weight excluding hydrogens is 256 g/mol. The molecule has 1 heterocycles. The van der Waals surface area contributed by atoms with Crippen LogP contribution in [0.15, 0.2) is 29.4 Å². The summed E-state index contributed by atoms with van der Waals surface area (Å²) in [5.74, 6) is 0.952. The van der Waals surface area contributed by atoms with Crippen molar-refractivity contribution >= 4 is 21.8 Å². The minimum absolute atomic E-state index is 0.00680. The van der Waals surface area contributed by atoms with Gasteiger partial charge in [-0.05, 0) is 37.5 Å². The Morgan fingerprint density at radius 1 is 1.53 bits per heavy atom. The fourth-order valence-corrected chi connectivity index (χ4v) is 3.31. The third kappa shape index (κ3) is 3.69. The Morgan fingerprint density at radius 3 is 2.76 bits per heavy atom. The van der Waals surface area contributed by atoms with Crippen LogP contribution in [0, 0.1) is 0 Å². The van der Waals surface area contributed by atoms with Crippen LogP contribution in [0.3, 0.4) is 0 Å². The third-order valence-electron chi connectivity index (χ3n) is 2.67. The highest BCUT2D eigenvalue weighted by atomic mass is 32.2. The Labute approximate surface area is 107 Å². The highest BCUT2D eigenvalue weighted by Gasteiger charge is 2.24. The summed E-state index contributed by atoms with van der Waals surface area (Å²) >= 11 is 1.72. The number of thioether (sulfide) groups is 1. The molecular formula is C11H18N2O2S2. The number of sulfonamides is 1. The van der Waals surface area contributed by atoms with Gasteiger partial charge in [-0.1, -0.05) is 0 Å². The Kier molecular flexibility index (Phi) is 5.42. The van der Waals surface area contributed by atoms with E-state index >= 15 is 0 Å². The van der Waals surface area contributed by atoms with Crippen LogP contribution in [0.25, 0.3) is 0 Å². The van der Waals surface area contributed by atoms with Crippen molar-refractivity contribution in [3.63, 3.8) is 0 Å².